The molecule has 0 aliphatic heterocycles. The van der Waals surface area contributed by atoms with Gasteiger partial charge in [-0.25, -0.2) is 8.42 Å². The standard InChI is InChI=1S/C11H16N2O4S/c14-11(15)6-8-12-7-5-9-1-3-10(4-2-9)13-18(16)17/h1-4,12,18H,5-8H2,(H,14,15)(H,13,16,17). The van der Waals surface area contributed by atoms with Crippen molar-refractivity contribution >= 4 is 22.5 Å². The molecule has 0 saturated heterocycles. The first kappa shape index (κ1) is 14.5. The number of thiol groups is 1. The van der Waals surface area contributed by atoms with Crippen molar-refractivity contribution in [1.82, 2.24) is 5.32 Å². The molecule has 0 aromatic heterocycles. The van der Waals surface area contributed by atoms with Crippen LogP contribution in [0.5, 0.6) is 0 Å². The van der Waals surface area contributed by atoms with Crippen molar-refractivity contribution < 1.29 is 18.3 Å². The van der Waals surface area contributed by atoms with E-state index in [0.717, 1.165) is 12.0 Å². The number of nitrogens with one attached hydrogen (secondary N) is 2. The minimum absolute atomic E-state index is 0.111. The van der Waals surface area contributed by atoms with Gasteiger partial charge in [0.2, 0.25) is 10.9 Å². The smallest absolute Gasteiger partial charge is 0.304 e. The van der Waals surface area contributed by atoms with Gasteiger partial charge in [-0.15, -0.1) is 0 Å². The number of hydrogen-bond donors (Lipinski definition) is 4. The summed E-state index contributed by atoms with van der Waals surface area (Å²) in [5, 5.41) is 11.5. The molecule has 0 amide bonds. The number of carboxylic acids is 1. The number of carboxylic acid groups (broad SMARTS) is 1. The lowest BCUT2D eigenvalue weighted by atomic mass is 10.1. The Hall–Kier alpha value is -1.60. The van der Waals surface area contributed by atoms with Crippen LogP contribution < -0.4 is 10.0 Å². The molecule has 3 N–H and O–H groups in total. The quantitative estimate of drug-likeness (QED) is 0.401. The first-order chi connectivity index (χ1) is 8.58. The molecule has 0 spiro atoms. The van der Waals surface area contributed by atoms with E-state index in [0.29, 0.717) is 18.8 Å². The average Bonchev–Trinajstić information content (AvgIpc) is 2.30. The zero-order valence-electron chi connectivity index (χ0n) is 9.76. The number of rotatable bonds is 8. The Labute approximate surface area is 107 Å². The Bertz CT molecular complexity index is 449. The van der Waals surface area contributed by atoms with E-state index in [1.807, 2.05) is 12.1 Å². The van der Waals surface area contributed by atoms with Crippen molar-refractivity contribution in [3.8, 4) is 0 Å². The molecule has 1 aromatic carbocycles. The van der Waals surface area contributed by atoms with Gasteiger partial charge in [-0.3, -0.25) is 9.52 Å². The van der Waals surface area contributed by atoms with Crippen LogP contribution in [0.4, 0.5) is 5.69 Å². The Kier molecular flexibility index (Phi) is 6.16. The van der Waals surface area contributed by atoms with E-state index in [-0.39, 0.29) is 6.42 Å². The van der Waals surface area contributed by atoms with Gasteiger partial charge in [-0.2, -0.15) is 0 Å². The van der Waals surface area contributed by atoms with Gasteiger partial charge in [0.15, 0.2) is 0 Å². The lowest BCUT2D eigenvalue weighted by molar-refractivity contribution is -0.136. The minimum Gasteiger partial charge on any atom is -0.481 e. The van der Waals surface area contributed by atoms with Crippen LogP contribution in [0, 0.1) is 0 Å². The number of aliphatic carboxylic acids is 1. The van der Waals surface area contributed by atoms with Gasteiger partial charge in [0.05, 0.1) is 6.42 Å². The third-order valence-corrected chi connectivity index (χ3v) is 2.72. The molecule has 0 heterocycles. The van der Waals surface area contributed by atoms with Gasteiger partial charge in [-0.1, -0.05) is 12.1 Å². The van der Waals surface area contributed by atoms with Crippen LogP contribution in [-0.2, 0) is 22.1 Å². The predicted molar refractivity (Wildman–Crippen MR) is 69.2 cm³/mol. The van der Waals surface area contributed by atoms with Crippen LogP contribution in [-0.4, -0.2) is 32.6 Å². The molecule has 18 heavy (non-hydrogen) atoms. The highest BCUT2D eigenvalue weighted by molar-refractivity contribution is 7.73. The van der Waals surface area contributed by atoms with Gasteiger partial charge in [0, 0.05) is 12.2 Å². The Morgan fingerprint density at radius 3 is 2.39 bits per heavy atom. The molecule has 0 atom stereocenters. The molecule has 1 rings (SSSR count). The maximum atomic E-state index is 10.4. The summed E-state index contributed by atoms with van der Waals surface area (Å²) < 4.78 is 23.1. The molecule has 0 fully saturated rings. The molecule has 0 saturated carbocycles. The first-order valence-corrected chi connectivity index (χ1v) is 6.68. The van der Waals surface area contributed by atoms with E-state index in [9.17, 15) is 13.2 Å². The molecule has 0 aliphatic rings. The van der Waals surface area contributed by atoms with Crippen LogP contribution in [0.1, 0.15) is 12.0 Å². The second-order valence-electron chi connectivity index (χ2n) is 3.71. The number of carbonyl (C=O) groups is 1. The number of hydrogen-bond acceptors (Lipinski definition) is 4. The summed E-state index contributed by atoms with van der Waals surface area (Å²) in [7, 11) is -2.63. The van der Waals surface area contributed by atoms with Gasteiger partial charge in [-0.05, 0) is 30.7 Å². The molecule has 7 heteroatoms. The molecule has 100 valence electrons. The summed E-state index contributed by atoms with van der Waals surface area (Å²) in [5.41, 5.74) is 1.60. The van der Waals surface area contributed by atoms with Crippen molar-refractivity contribution in [2.45, 2.75) is 12.8 Å². The van der Waals surface area contributed by atoms with Crippen molar-refractivity contribution in [1.29, 1.82) is 0 Å². The van der Waals surface area contributed by atoms with Crippen molar-refractivity contribution in [3.05, 3.63) is 29.8 Å². The van der Waals surface area contributed by atoms with Crippen LogP contribution >= 0.6 is 0 Å². The van der Waals surface area contributed by atoms with Gasteiger partial charge >= 0.3 is 5.97 Å². The summed E-state index contributed by atoms with van der Waals surface area (Å²) in [5.74, 6) is -0.815. The third kappa shape index (κ3) is 6.21. The second-order valence-corrected chi connectivity index (χ2v) is 4.45. The molecular formula is C11H16N2O4S. The third-order valence-electron chi connectivity index (χ3n) is 2.28. The van der Waals surface area contributed by atoms with Crippen LogP contribution in [0.2, 0.25) is 0 Å². The fraction of sp³-hybridized carbons (Fsp3) is 0.364. The molecule has 0 unspecified atom stereocenters. The highest BCUT2D eigenvalue weighted by Gasteiger charge is 1.97. The van der Waals surface area contributed by atoms with Crippen molar-refractivity contribution in [2.24, 2.45) is 0 Å². The molecule has 6 nitrogen and oxygen atoms in total. The van der Waals surface area contributed by atoms with Gasteiger partial charge in [0.1, 0.15) is 0 Å². The second kappa shape index (κ2) is 7.67. The summed E-state index contributed by atoms with van der Waals surface area (Å²) in [4.78, 5) is 10.3. The number of benzene rings is 1. The van der Waals surface area contributed by atoms with Gasteiger partial charge < -0.3 is 10.4 Å². The summed E-state index contributed by atoms with van der Waals surface area (Å²) in [6.45, 7) is 1.14. The lowest BCUT2D eigenvalue weighted by Crippen LogP contribution is -2.20. The maximum Gasteiger partial charge on any atom is 0.304 e. The fourth-order valence-electron chi connectivity index (χ4n) is 1.40. The fourth-order valence-corrected chi connectivity index (χ4v) is 1.76. The van der Waals surface area contributed by atoms with E-state index >= 15 is 0 Å². The largest absolute Gasteiger partial charge is 0.481 e. The highest BCUT2D eigenvalue weighted by atomic mass is 32.2. The topological polar surface area (TPSA) is 95.5 Å². The molecule has 1 aromatic rings. The SMILES string of the molecule is O=C(O)CCNCCc1ccc(N[SH](=O)=O)cc1. The van der Waals surface area contributed by atoms with E-state index in [2.05, 4.69) is 10.0 Å². The van der Waals surface area contributed by atoms with E-state index in [1.54, 1.807) is 12.1 Å². The predicted octanol–water partition coefficient (Wildman–Crippen LogP) is 0.232. The monoisotopic (exact) mass is 272 g/mol. The zero-order valence-corrected chi connectivity index (χ0v) is 10.7. The Morgan fingerprint density at radius 1 is 1.17 bits per heavy atom. The molecule has 0 radical (unpaired) electrons. The van der Waals surface area contributed by atoms with Crippen LogP contribution in [0.25, 0.3) is 0 Å². The summed E-state index contributed by atoms with van der Waals surface area (Å²) >= 11 is 0. The summed E-state index contributed by atoms with van der Waals surface area (Å²) in [6.07, 6.45) is 0.878. The minimum atomic E-state index is -2.63. The molecule has 0 aliphatic carbocycles. The van der Waals surface area contributed by atoms with Crippen molar-refractivity contribution in [2.75, 3.05) is 17.8 Å². The molecular weight excluding hydrogens is 256 g/mol. The highest BCUT2D eigenvalue weighted by Crippen LogP contribution is 2.09. The maximum absolute atomic E-state index is 10.4. The first-order valence-electron chi connectivity index (χ1n) is 5.50. The van der Waals surface area contributed by atoms with E-state index in [4.69, 9.17) is 5.11 Å². The average molecular weight is 272 g/mol. The Balaban J connectivity index is 2.28. The van der Waals surface area contributed by atoms with Crippen molar-refractivity contribution in [3.63, 3.8) is 0 Å². The van der Waals surface area contributed by atoms with Crippen LogP contribution in [0.15, 0.2) is 24.3 Å². The number of anilines is 1. The Morgan fingerprint density at radius 2 is 1.83 bits per heavy atom. The molecule has 0 bridgehead atoms. The van der Waals surface area contributed by atoms with E-state index in [1.165, 1.54) is 0 Å². The lowest BCUT2D eigenvalue weighted by Gasteiger charge is -2.04. The summed E-state index contributed by atoms with van der Waals surface area (Å²) in [6, 6.07) is 7.05. The zero-order chi connectivity index (χ0) is 13.4. The normalized spacial score (nSPS) is 10.5. The van der Waals surface area contributed by atoms with Crippen LogP contribution in [0.3, 0.4) is 0 Å². The van der Waals surface area contributed by atoms with E-state index < -0.39 is 16.9 Å². The van der Waals surface area contributed by atoms with Gasteiger partial charge in [0.25, 0.3) is 0 Å².